The Hall–Kier alpha value is -1.25. The molecule has 0 N–H and O–H groups in total. The Morgan fingerprint density at radius 1 is 1.41 bits per heavy atom. The molecule has 0 aromatic carbocycles. The highest BCUT2D eigenvalue weighted by Crippen LogP contribution is 2.27. The summed E-state index contributed by atoms with van der Waals surface area (Å²) in [6.45, 7) is 6.95. The van der Waals surface area contributed by atoms with Gasteiger partial charge in [0.05, 0.1) is 19.0 Å². The van der Waals surface area contributed by atoms with Crippen molar-refractivity contribution in [3.8, 4) is 5.88 Å². The lowest BCUT2D eigenvalue weighted by Crippen LogP contribution is -2.37. The van der Waals surface area contributed by atoms with Crippen LogP contribution in [0, 0.1) is 11.8 Å². The van der Waals surface area contributed by atoms with Gasteiger partial charge >= 0.3 is 0 Å². The number of ether oxygens (including phenoxy) is 1. The predicted molar refractivity (Wildman–Crippen MR) is 70.6 cm³/mol. The molecule has 0 bridgehead atoms. The Bertz CT molecular complexity index is 348. The predicted octanol–water partition coefficient (Wildman–Crippen LogP) is 2.96. The number of anilines is 1. The fourth-order valence-electron chi connectivity index (χ4n) is 2.47. The van der Waals surface area contributed by atoms with Crippen LogP contribution in [-0.4, -0.2) is 25.2 Å². The average molecular weight is 234 g/mol. The average Bonchev–Trinajstić information content (AvgIpc) is 2.39. The Morgan fingerprint density at radius 3 is 2.82 bits per heavy atom. The Kier molecular flexibility index (Phi) is 3.87. The summed E-state index contributed by atoms with van der Waals surface area (Å²) in [6, 6.07) is 4.04. The smallest absolute Gasteiger partial charge is 0.213 e. The van der Waals surface area contributed by atoms with Gasteiger partial charge in [0.2, 0.25) is 5.88 Å². The molecule has 2 heterocycles. The summed E-state index contributed by atoms with van der Waals surface area (Å²) in [5.74, 6) is 2.26. The normalized spacial score (nSPS) is 20.7. The van der Waals surface area contributed by atoms with Gasteiger partial charge in [-0.3, -0.25) is 0 Å². The molecule has 0 saturated carbocycles. The molecule has 0 radical (unpaired) electrons. The molecule has 1 aromatic rings. The van der Waals surface area contributed by atoms with E-state index in [4.69, 9.17) is 4.74 Å². The van der Waals surface area contributed by atoms with Crippen LogP contribution in [0.2, 0.25) is 0 Å². The van der Waals surface area contributed by atoms with Crippen molar-refractivity contribution >= 4 is 5.69 Å². The fraction of sp³-hybridized carbons (Fsp3) is 0.643. The zero-order valence-electron chi connectivity index (χ0n) is 11.0. The molecule has 0 spiro atoms. The van der Waals surface area contributed by atoms with E-state index < -0.39 is 0 Å². The van der Waals surface area contributed by atoms with E-state index in [1.54, 1.807) is 7.11 Å². The fourth-order valence-corrected chi connectivity index (χ4v) is 2.47. The number of nitrogens with zero attached hydrogens (tertiary/aromatic N) is 2. The van der Waals surface area contributed by atoms with Crippen molar-refractivity contribution in [2.45, 2.75) is 26.7 Å². The molecule has 17 heavy (non-hydrogen) atoms. The zero-order valence-corrected chi connectivity index (χ0v) is 11.0. The van der Waals surface area contributed by atoms with Crippen molar-refractivity contribution in [2.24, 2.45) is 11.8 Å². The van der Waals surface area contributed by atoms with Gasteiger partial charge in [-0.15, -0.1) is 0 Å². The summed E-state index contributed by atoms with van der Waals surface area (Å²) in [5, 5.41) is 0. The highest BCUT2D eigenvalue weighted by molar-refractivity contribution is 5.45. The molecule has 1 aliphatic heterocycles. The topological polar surface area (TPSA) is 25.4 Å². The number of pyridine rings is 1. The molecule has 3 nitrogen and oxygen atoms in total. The Balaban J connectivity index is 2.05. The standard InChI is InChI=1S/C14H22N2O/c1-11(2)12-5-4-8-16(10-12)13-6-7-14(17-3)15-9-13/h6-7,9,11-12H,4-5,8,10H2,1-3H3. The van der Waals surface area contributed by atoms with Crippen LogP contribution >= 0.6 is 0 Å². The van der Waals surface area contributed by atoms with E-state index in [2.05, 4.69) is 29.8 Å². The van der Waals surface area contributed by atoms with Crippen LogP contribution in [0.15, 0.2) is 18.3 Å². The van der Waals surface area contributed by atoms with Crippen LogP contribution in [0.1, 0.15) is 26.7 Å². The van der Waals surface area contributed by atoms with Crippen molar-refractivity contribution < 1.29 is 4.74 Å². The highest BCUT2D eigenvalue weighted by atomic mass is 16.5. The van der Waals surface area contributed by atoms with Gasteiger partial charge in [0.15, 0.2) is 0 Å². The molecule has 1 fully saturated rings. The van der Waals surface area contributed by atoms with Gasteiger partial charge < -0.3 is 9.64 Å². The third-order valence-electron chi connectivity index (χ3n) is 3.70. The first kappa shape index (κ1) is 12.2. The van der Waals surface area contributed by atoms with E-state index in [0.717, 1.165) is 24.9 Å². The summed E-state index contributed by atoms with van der Waals surface area (Å²) >= 11 is 0. The molecule has 1 aromatic heterocycles. The first-order valence-corrected chi connectivity index (χ1v) is 6.45. The first-order chi connectivity index (χ1) is 8.20. The number of hydrogen-bond donors (Lipinski definition) is 0. The quantitative estimate of drug-likeness (QED) is 0.804. The van der Waals surface area contributed by atoms with Crippen LogP contribution in [0.4, 0.5) is 5.69 Å². The van der Waals surface area contributed by atoms with Crippen molar-refractivity contribution in [1.82, 2.24) is 4.98 Å². The SMILES string of the molecule is COc1ccc(N2CCCC(C(C)C)C2)cn1. The summed E-state index contributed by atoms with van der Waals surface area (Å²) in [4.78, 5) is 6.72. The van der Waals surface area contributed by atoms with E-state index in [9.17, 15) is 0 Å². The van der Waals surface area contributed by atoms with Gasteiger partial charge in [-0.25, -0.2) is 4.98 Å². The summed E-state index contributed by atoms with van der Waals surface area (Å²) in [7, 11) is 1.65. The van der Waals surface area contributed by atoms with Crippen molar-refractivity contribution in [2.75, 3.05) is 25.1 Å². The summed E-state index contributed by atoms with van der Waals surface area (Å²) < 4.78 is 5.09. The Labute approximate surface area is 104 Å². The lowest BCUT2D eigenvalue weighted by molar-refractivity contribution is 0.321. The minimum atomic E-state index is 0.686. The maximum atomic E-state index is 5.09. The van der Waals surface area contributed by atoms with E-state index in [1.807, 2.05) is 12.3 Å². The monoisotopic (exact) mass is 234 g/mol. The second kappa shape index (κ2) is 5.39. The third-order valence-corrected chi connectivity index (χ3v) is 3.70. The molecule has 1 saturated heterocycles. The van der Waals surface area contributed by atoms with Gasteiger partial charge in [-0.05, 0) is 30.7 Å². The number of rotatable bonds is 3. The molecule has 3 heteroatoms. The summed E-state index contributed by atoms with van der Waals surface area (Å²) in [5.41, 5.74) is 1.22. The van der Waals surface area contributed by atoms with Crippen molar-refractivity contribution in [3.63, 3.8) is 0 Å². The van der Waals surface area contributed by atoms with Gasteiger partial charge in [0.1, 0.15) is 0 Å². The van der Waals surface area contributed by atoms with E-state index in [0.29, 0.717) is 5.88 Å². The second-order valence-corrected chi connectivity index (χ2v) is 5.15. The highest BCUT2D eigenvalue weighted by Gasteiger charge is 2.22. The van der Waals surface area contributed by atoms with E-state index >= 15 is 0 Å². The third kappa shape index (κ3) is 2.90. The van der Waals surface area contributed by atoms with Crippen LogP contribution in [0.3, 0.4) is 0 Å². The molecular formula is C14H22N2O. The molecule has 94 valence electrons. The zero-order chi connectivity index (χ0) is 12.3. The van der Waals surface area contributed by atoms with Crippen molar-refractivity contribution in [1.29, 1.82) is 0 Å². The lowest BCUT2D eigenvalue weighted by Gasteiger charge is -2.36. The molecule has 2 rings (SSSR count). The van der Waals surface area contributed by atoms with Gasteiger partial charge in [-0.1, -0.05) is 13.8 Å². The molecule has 1 atom stereocenters. The number of piperidine rings is 1. The Morgan fingerprint density at radius 2 is 2.24 bits per heavy atom. The molecule has 0 aliphatic carbocycles. The molecular weight excluding hydrogens is 212 g/mol. The van der Waals surface area contributed by atoms with Crippen LogP contribution in [0.25, 0.3) is 0 Å². The van der Waals surface area contributed by atoms with Crippen LogP contribution in [0.5, 0.6) is 5.88 Å². The number of aromatic nitrogens is 1. The second-order valence-electron chi connectivity index (χ2n) is 5.15. The number of hydrogen-bond acceptors (Lipinski definition) is 3. The minimum Gasteiger partial charge on any atom is -0.481 e. The maximum absolute atomic E-state index is 5.09. The molecule has 1 unspecified atom stereocenters. The maximum Gasteiger partial charge on any atom is 0.213 e. The van der Waals surface area contributed by atoms with E-state index in [-0.39, 0.29) is 0 Å². The summed E-state index contributed by atoms with van der Waals surface area (Å²) in [6.07, 6.45) is 4.56. The molecule has 0 amide bonds. The van der Waals surface area contributed by atoms with E-state index in [1.165, 1.54) is 18.5 Å². The van der Waals surface area contributed by atoms with Crippen molar-refractivity contribution in [3.05, 3.63) is 18.3 Å². The molecule has 1 aliphatic rings. The number of methoxy groups -OCH3 is 1. The first-order valence-electron chi connectivity index (χ1n) is 6.45. The minimum absolute atomic E-state index is 0.686. The van der Waals surface area contributed by atoms with Crippen LogP contribution in [-0.2, 0) is 0 Å². The van der Waals surface area contributed by atoms with Gasteiger partial charge in [0, 0.05) is 19.2 Å². The van der Waals surface area contributed by atoms with Gasteiger partial charge in [-0.2, -0.15) is 0 Å². The van der Waals surface area contributed by atoms with Gasteiger partial charge in [0.25, 0.3) is 0 Å². The van der Waals surface area contributed by atoms with Crippen LogP contribution < -0.4 is 9.64 Å². The lowest BCUT2D eigenvalue weighted by atomic mass is 9.88. The largest absolute Gasteiger partial charge is 0.481 e.